The monoisotopic (exact) mass is 248 g/mol. The number of halogens is 4. The van der Waals surface area contributed by atoms with E-state index < -0.39 is 22.5 Å². The molecule has 7 heteroatoms. The molecule has 3 nitrogen and oxygen atoms in total. The molecular weight excluding hydrogens is 245 g/mol. The maximum absolute atomic E-state index is 12.3. The number of hydrogen-bond donors (Lipinski definition) is 0. The van der Waals surface area contributed by atoms with Crippen molar-refractivity contribution in [2.45, 2.75) is 6.18 Å². The summed E-state index contributed by atoms with van der Waals surface area (Å²) in [5, 5.41) is -0.579. The lowest BCUT2D eigenvalue weighted by Crippen LogP contribution is -2.08. The Bertz CT molecular complexity index is 478. The molecule has 0 aliphatic heterocycles. The second-order valence-electron chi connectivity index (χ2n) is 2.80. The first-order valence-corrected chi connectivity index (χ1v) is 4.32. The van der Waals surface area contributed by atoms with Gasteiger partial charge < -0.3 is 5.53 Å². The normalized spacial score (nSPS) is 10.8. The van der Waals surface area contributed by atoms with Crippen molar-refractivity contribution < 1.29 is 22.8 Å². The van der Waals surface area contributed by atoms with Gasteiger partial charge in [0.15, 0.2) is 0 Å². The van der Waals surface area contributed by atoms with Crippen LogP contribution in [0.4, 0.5) is 13.2 Å². The summed E-state index contributed by atoms with van der Waals surface area (Å²) in [6.07, 6.45) is -4.00. The van der Waals surface area contributed by atoms with Crippen LogP contribution in [0.2, 0.25) is 5.02 Å². The average Bonchev–Trinajstić information content (AvgIpc) is 2.16. The Morgan fingerprint density at radius 1 is 1.44 bits per heavy atom. The predicted molar refractivity (Wildman–Crippen MR) is 50.5 cm³/mol. The van der Waals surface area contributed by atoms with Crippen LogP contribution in [0.5, 0.6) is 0 Å². The minimum Gasteiger partial charge on any atom is -0.361 e. The van der Waals surface area contributed by atoms with Gasteiger partial charge in [0.05, 0.1) is 10.6 Å². The van der Waals surface area contributed by atoms with Gasteiger partial charge in [-0.2, -0.15) is 18.0 Å². The first kappa shape index (κ1) is 12.4. The zero-order valence-electron chi connectivity index (χ0n) is 7.62. The van der Waals surface area contributed by atoms with Crippen LogP contribution in [0, 0.1) is 0 Å². The van der Waals surface area contributed by atoms with E-state index in [0.29, 0.717) is 12.3 Å². The minimum absolute atomic E-state index is 0.0872. The van der Waals surface area contributed by atoms with Gasteiger partial charge in [0.2, 0.25) is 0 Å². The smallest absolute Gasteiger partial charge is 0.361 e. The number of Topliss-reactive ketones (excluding diaryl/α,β-unsaturated/α-hetero) is 1. The molecule has 16 heavy (non-hydrogen) atoms. The van der Waals surface area contributed by atoms with Gasteiger partial charge in [-0.1, -0.05) is 17.7 Å². The molecule has 0 heterocycles. The molecule has 0 saturated heterocycles. The highest BCUT2D eigenvalue weighted by Gasteiger charge is 2.33. The number of nitrogens with zero attached hydrogens (tertiary/aromatic N) is 2. The molecule has 0 aliphatic rings. The molecule has 1 aromatic carbocycles. The Balaban J connectivity index is 3.19. The molecule has 0 N–H and O–H groups in total. The van der Waals surface area contributed by atoms with E-state index in [-0.39, 0.29) is 5.56 Å². The van der Waals surface area contributed by atoms with Crippen molar-refractivity contribution >= 4 is 23.6 Å². The first-order chi connectivity index (χ1) is 7.36. The first-order valence-electron chi connectivity index (χ1n) is 3.94. The largest absolute Gasteiger partial charge is 0.417 e. The summed E-state index contributed by atoms with van der Waals surface area (Å²) in [5.41, 5.74) is 6.98. The summed E-state index contributed by atoms with van der Waals surface area (Å²) in [5.74, 6) is -0.738. The van der Waals surface area contributed by atoms with Crippen LogP contribution in [0.1, 0.15) is 15.9 Å². The molecular formula is C9H4ClF3N2O. The molecule has 0 atom stereocenters. The predicted octanol–water partition coefficient (Wildman–Crippen LogP) is 2.84. The van der Waals surface area contributed by atoms with Crippen molar-refractivity contribution in [2.75, 3.05) is 0 Å². The average molecular weight is 249 g/mol. The molecule has 0 aliphatic carbocycles. The fourth-order valence-electron chi connectivity index (χ4n) is 1.03. The Morgan fingerprint density at radius 3 is 2.50 bits per heavy atom. The second-order valence-corrected chi connectivity index (χ2v) is 3.21. The van der Waals surface area contributed by atoms with Crippen LogP contribution in [-0.4, -0.2) is 16.8 Å². The lowest BCUT2D eigenvalue weighted by molar-refractivity contribution is -0.137. The van der Waals surface area contributed by atoms with Crippen LogP contribution in [0.25, 0.3) is 5.53 Å². The number of carbonyl (C=O) groups excluding carboxylic acids is 1. The van der Waals surface area contributed by atoms with Crippen molar-refractivity contribution in [3.05, 3.63) is 39.9 Å². The summed E-state index contributed by atoms with van der Waals surface area (Å²) >= 11 is 5.38. The minimum atomic E-state index is -4.57. The van der Waals surface area contributed by atoms with Gasteiger partial charge in [-0.3, -0.25) is 4.79 Å². The van der Waals surface area contributed by atoms with Crippen molar-refractivity contribution in [1.82, 2.24) is 0 Å². The summed E-state index contributed by atoms with van der Waals surface area (Å²) in [4.78, 5) is 13.6. The van der Waals surface area contributed by atoms with Gasteiger partial charge in [0.1, 0.15) is 0 Å². The van der Waals surface area contributed by atoms with E-state index in [2.05, 4.69) is 4.79 Å². The standard InChI is InChI=1S/C9H4ClF3N2O/c10-7-3-5(8(16)4-15-14)1-2-6(7)9(11,12)13/h1-4H. The van der Waals surface area contributed by atoms with Gasteiger partial charge in [-0.05, 0) is 12.1 Å². The van der Waals surface area contributed by atoms with Crippen molar-refractivity contribution in [2.24, 2.45) is 0 Å². The van der Waals surface area contributed by atoms with E-state index in [1.165, 1.54) is 0 Å². The maximum atomic E-state index is 12.3. The summed E-state index contributed by atoms with van der Waals surface area (Å²) in [6.45, 7) is 0. The third-order valence-electron chi connectivity index (χ3n) is 1.73. The van der Waals surface area contributed by atoms with E-state index >= 15 is 0 Å². The van der Waals surface area contributed by atoms with Crippen molar-refractivity contribution in [3.63, 3.8) is 0 Å². The van der Waals surface area contributed by atoms with E-state index in [0.717, 1.165) is 12.1 Å². The molecule has 84 valence electrons. The number of benzene rings is 1. The molecule has 0 bridgehead atoms. The quantitative estimate of drug-likeness (QED) is 0.344. The Hall–Kier alpha value is -1.65. The summed E-state index contributed by atoms with van der Waals surface area (Å²) < 4.78 is 36.9. The van der Waals surface area contributed by atoms with Gasteiger partial charge in [0, 0.05) is 5.56 Å². The van der Waals surface area contributed by atoms with Gasteiger partial charge in [-0.25, -0.2) is 0 Å². The lowest BCUT2D eigenvalue weighted by Gasteiger charge is -2.08. The van der Waals surface area contributed by atoms with Crippen LogP contribution >= 0.6 is 11.6 Å². The zero-order valence-corrected chi connectivity index (χ0v) is 8.38. The molecule has 0 aromatic heterocycles. The van der Waals surface area contributed by atoms with Gasteiger partial charge in [-0.15, -0.1) is 0 Å². The SMILES string of the molecule is [N-]=[N+]=CC(=O)c1ccc(C(F)(F)F)c(Cl)c1. The van der Waals surface area contributed by atoms with Crippen LogP contribution in [0.3, 0.4) is 0 Å². The third-order valence-corrected chi connectivity index (χ3v) is 2.05. The van der Waals surface area contributed by atoms with E-state index in [9.17, 15) is 18.0 Å². The Kier molecular flexibility index (Phi) is 3.47. The number of rotatable bonds is 2. The molecule has 0 radical (unpaired) electrons. The van der Waals surface area contributed by atoms with Crippen molar-refractivity contribution in [3.8, 4) is 0 Å². The number of hydrogen-bond acceptors (Lipinski definition) is 1. The molecule has 0 saturated carbocycles. The third kappa shape index (κ3) is 2.68. The Morgan fingerprint density at radius 2 is 2.06 bits per heavy atom. The molecule has 0 spiro atoms. The van der Waals surface area contributed by atoms with E-state index in [1.807, 2.05) is 0 Å². The zero-order chi connectivity index (χ0) is 12.3. The topological polar surface area (TPSA) is 53.5 Å². The fourth-order valence-corrected chi connectivity index (χ4v) is 1.31. The van der Waals surface area contributed by atoms with E-state index in [1.54, 1.807) is 0 Å². The highest BCUT2D eigenvalue weighted by atomic mass is 35.5. The highest BCUT2D eigenvalue weighted by Crippen LogP contribution is 2.34. The van der Waals surface area contributed by atoms with Crippen LogP contribution < -0.4 is 0 Å². The molecule has 1 aromatic rings. The number of alkyl halides is 3. The van der Waals surface area contributed by atoms with Gasteiger partial charge in [0.25, 0.3) is 5.78 Å². The maximum Gasteiger partial charge on any atom is 0.417 e. The fraction of sp³-hybridized carbons (Fsp3) is 0.111. The molecule has 0 unspecified atom stereocenters. The van der Waals surface area contributed by atoms with E-state index in [4.69, 9.17) is 17.1 Å². The summed E-state index contributed by atoms with van der Waals surface area (Å²) in [6, 6.07) is 2.52. The summed E-state index contributed by atoms with van der Waals surface area (Å²) in [7, 11) is 0. The van der Waals surface area contributed by atoms with Crippen LogP contribution in [0.15, 0.2) is 18.2 Å². The molecule has 1 rings (SSSR count). The highest BCUT2D eigenvalue weighted by molar-refractivity contribution is 6.35. The second kappa shape index (κ2) is 4.47. The number of ketones is 1. The van der Waals surface area contributed by atoms with Crippen molar-refractivity contribution in [1.29, 1.82) is 0 Å². The lowest BCUT2D eigenvalue weighted by atomic mass is 10.1. The van der Waals surface area contributed by atoms with Crippen LogP contribution in [-0.2, 0) is 6.18 Å². The number of carbonyl (C=O) groups is 1. The Labute approximate surface area is 93.1 Å². The molecule has 0 fully saturated rings. The van der Waals surface area contributed by atoms with Gasteiger partial charge >= 0.3 is 12.4 Å². The molecule has 0 amide bonds.